The number of likely N-dealkylation sites (N-methyl/N-ethyl adjacent to an activating group) is 1. The fourth-order valence-electron chi connectivity index (χ4n) is 4.34. The molecule has 2 heterocycles. The van der Waals surface area contributed by atoms with Gasteiger partial charge in [-0.1, -0.05) is 6.07 Å². The van der Waals surface area contributed by atoms with E-state index in [-0.39, 0.29) is 47.5 Å². The number of fused-ring (bicyclic) bond motifs is 2. The van der Waals surface area contributed by atoms with E-state index in [1.807, 2.05) is 0 Å². The van der Waals surface area contributed by atoms with Gasteiger partial charge in [0, 0.05) is 18.3 Å². The Bertz CT molecular complexity index is 1150. The molecule has 0 unspecified atom stereocenters. The van der Waals surface area contributed by atoms with E-state index in [4.69, 9.17) is 14.6 Å². The van der Waals surface area contributed by atoms with Crippen LogP contribution in [0, 0.1) is 0 Å². The molecule has 0 spiro atoms. The number of rotatable bonds is 4. The van der Waals surface area contributed by atoms with Gasteiger partial charge in [0.05, 0.1) is 29.7 Å². The summed E-state index contributed by atoms with van der Waals surface area (Å²) in [5, 5.41) is 11.6. The Morgan fingerprint density at radius 2 is 1.94 bits per heavy atom. The molecule has 0 saturated carbocycles. The number of carboxylic acid groups (broad SMARTS) is 1. The van der Waals surface area contributed by atoms with Crippen molar-refractivity contribution in [3.63, 3.8) is 0 Å². The molecule has 4 rings (SSSR count). The van der Waals surface area contributed by atoms with Crippen LogP contribution in [-0.4, -0.2) is 59.7 Å². The number of halogens is 3. The van der Waals surface area contributed by atoms with E-state index in [0.29, 0.717) is 12.8 Å². The third-order valence-corrected chi connectivity index (χ3v) is 6.12. The monoisotopic (exact) mass is 492 g/mol. The van der Waals surface area contributed by atoms with Gasteiger partial charge >= 0.3 is 12.1 Å². The smallest absolute Gasteiger partial charge is 0.416 e. The minimum atomic E-state index is -4.58. The normalized spacial score (nSPS) is 22.2. The summed E-state index contributed by atoms with van der Waals surface area (Å²) < 4.78 is 50.6. The van der Waals surface area contributed by atoms with E-state index in [9.17, 15) is 27.6 Å². The molecule has 2 N–H and O–H groups in total. The number of amides is 2. The molecule has 2 aromatic carbocycles. The Balaban J connectivity index is 1.53. The van der Waals surface area contributed by atoms with Crippen molar-refractivity contribution in [2.45, 2.75) is 43.7 Å². The zero-order valence-corrected chi connectivity index (χ0v) is 18.7. The number of hydrogen-bond donors (Lipinski definition) is 2. The number of carboxylic acids is 1. The Labute approximate surface area is 198 Å². The standard InChI is InChI=1S/C24H23F3N2O6/c1-29-18-7-6-16(11-21(30)31)35-20(18)12-34-19-8-5-15(10-17(19)23(29)33)28-22(32)13-3-2-4-14(9-13)24(25,26)27/h2-5,8-10,16,18,20H,6-7,11-12H2,1H3,(H,28,32)(H,30,31)/t16-,18+,20+/m0/s1. The van der Waals surface area contributed by atoms with Gasteiger partial charge in [-0.3, -0.25) is 14.4 Å². The average Bonchev–Trinajstić information content (AvgIpc) is 2.81. The second-order valence-electron chi connectivity index (χ2n) is 8.51. The van der Waals surface area contributed by atoms with Crippen LogP contribution in [0.4, 0.5) is 18.9 Å². The minimum absolute atomic E-state index is 0.0986. The maximum Gasteiger partial charge on any atom is 0.416 e. The van der Waals surface area contributed by atoms with Crippen molar-refractivity contribution in [2.75, 3.05) is 19.0 Å². The molecule has 11 heteroatoms. The van der Waals surface area contributed by atoms with E-state index in [1.54, 1.807) is 7.05 Å². The summed E-state index contributed by atoms with van der Waals surface area (Å²) in [5.41, 5.74) is -0.719. The van der Waals surface area contributed by atoms with Gasteiger partial charge in [0.15, 0.2) is 0 Å². The molecule has 2 aliphatic heterocycles. The number of anilines is 1. The number of benzene rings is 2. The van der Waals surface area contributed by atoms with Crippen LogP contribution in [0.5, 0.6) is 5.75 Å². The lowest BCUT2D eigenvalue weighted by Crippen LogP contribution is -2.53. The first-order valence-corrected chi connectivity index (χ1v) is 10.9. The van der Waals surface area contributed by atoms with Crippen molar-refractivity contribution in [2.24, 2.45) is 0 Å². The number of ether oxygens (including phenoxy) is 2. The zero-order chi connectivity index (χ0) is 25.3. The first-order valence-electron chi connectivity index (χ1n) is 10.9. The lowest BCUT2D eigenvalue weighted by Gasteiger charge is -2.42. The highest BCUT2D eigenvalue weighted by molar-refractivity contribution is 6.05. The number of alkyl halides is 3. The quantitative estimate of drug-likeness (QED) is 0.673. The van der Waals surface area contributed by atoms with Crippen LogP contribution in [-0.2, 0) is 15.7 Å². The first-order chi connectivity index (χ1) is 16.5. The molecule has 0 aliphatic carbocycles. The van der Waals surface area contributed by atoms with Crippen molar-refractivity contribution in [1.29, 1.82) is 0 Å². The summed E-state index contributed by atoms with van der Waals surface area (Å²) in [7, 11) is 1.61. The number of aliphatic carboxylic acids is 1. The maximum atomic E-state index is 13.2. The SMILES string of the molecule is CN1C(=O)c2cc(NC(=O)c3cccc(C(F)(F)F)c3)ccc2OC[C@H]2O[C@H](CC(=O)O)CC[C@H]21. The molecule has 1 saturated heterocycles. The topological polar surface area (TPSA) is 105 Å². The second kappa shape index (κ2) is 9.57. The molecule has 2 amide bonds. The van der Waals surface area contributed by atoms with Crippen LogP contribution < -0.4 is 10.1 Å². The van der Waals surface area contributed by atoms with Crippen LogP contribution in [0.1, 0.15) is 45.5 Å². The Morgan fingerprint density at radius 1 is 1.17 bits per heavy atom. The zero-order valence-electron chi connectivity index (χ0n) is 18.7. The predicted molar refractivity (Wildman–Crippen MR) is 117 cm³/mol. The van der Waals surface area contributed by atoms with E-state index in [1.165, 1.54) is 29.2 Å². The van der Waals surface area contributed by atoms with E-state index < -0.39 is 35.8 Å². The molecular weight excluding hydrogens is 469 g/mol. The number of nitrogens with zero attached hydrogens (tertiary/aromatic N) is 1. The van der Waals surface area contributed by atoms with Gasteiger partial charge in [0.2, 0.25) is 0 Å². The minimum Gasteiger partial charge on any atom is -0.490 e. The fraction of sp³-hybridized carbons (Fsp3) is 0.375. The predicted octanol–water partition coefficient (Wildman–Crippen LogP) is 3.81. The molecule has 2 aromatic rings. The van der Waals surface area contributed by atoms with Crippen LogP contribution >= 0.6 is 0 Å². The van der Waals surface area contributed by atoms with Crippen LogP contribution in [0.3, 0.4) is 0 Å². The molecule has 2 aliphatic rings. The molecule has 3 atom stereocenters. The fourth-order valence-corrected chi connectivity index (χ4v) is 4.34. The highest BCUT2D eigenvalue weighted by atomic mass is 19.4. The van der Waals surface area contributed by atoms with Crippen molar-refractivity contribution in [1.82, 2.24) is 4.90 Å². The van der Waals surface area contributed by atoms with Crippen LogP contribution in [0.2, 0.25) is 0 Å². The van der Waals surface area contributed by atoms with Gasteiger partial charge in [-0.25, -0.2) is 0 Å². The van der Waals surface area contributed by atoms with Crippen molar-refractivity contribution < 1.29 is 42.1 Å². The molecule has 1 fully saturated rings. The van der Waals surface area contributed by atoms with E-state index >= 15 is 0 Å². The van der Waals surface area contributed by atoms with E-state index in [2.05, 4.69) is 5.32 Å². The van der Waals surface area contributed by atoms with Crippen molar-refractivity contribution in [3.05, 3.63) is 59.2 Å². The lowest BCUT2D eigenvalue weighted by molar-refractivity contribution is -0.148. The third-order valence-electron chi connectivity index (χ3n) is 6.12. The number of nitrogens with one attached hydrogen (secondary N) is 1. The van der Waals surface area contributed by atoms with Crippen molar-refractivity contribution in [3.8, 4) is 5.75 Å². The average molecular weight is 492 g/mol. The molecule has 0 radical (unpaired) electrons. The largest absolute Gasteiger partial charge is 0.490 e. The van der Waals surface area contributed by atoms with Gasteiger partial charge in [0.25, 0.3) is 11.8 Å². The number of carbonyl (C=O) groups is 3. The first kappa shape index (κ1) is 24.5. The molecule has 186 valence electrons. The molecule has 35 heavy (non-hydrogen) atoms. The molecule has 0 bridgehead atoms. The third kappa shape index (κ3) is 5.40. The van der Waals surface area contributed by atoms with Gasteiger partial charge in [-0.15, -0.1) is 0 Å². The lowest BCUT2D eigenvalue weighted by atomic mass is 9.94. The number of hydrogen-bond acceptors (Lipinski definition) is 5. The maximum absolute atomic E-state index is 13.2. The summed E-state index contributed by atoms with van der Waals surface area (Å²) in [5.74, 6) is -1.85. The summed E-state index contributed by atoms with van der Waals surface area (Å²) in [6.07, 6.45) is -4.67. The van der Waals surface area contributed by atoms with Crippen LogP contribution in [0.15, 0.2) is 42.5 Å². The van der Waals surface area contributed by atoms with Crippen LogP contribution in [0.25, 0.3) is 0 Å². The highest BCUT2D eigenvalue weighted by Crippen LogP contribution is 2.33. The van der Waals surface area contributed by atoms with Gasteiger partial charge in [-0.05, 0) is 49.2 Å². The second-order valence-corrected chi connectivity index (χ2v) is 8.51. The summed E-state index contributed by atoms with van der Waals surface area (Å²) >= 11 is 0. The van der Waals surface area contributed by atoms with Crippen molar-refractivity contribution >= 4 is 23.5 Å². The summed E-state index contributed by atoms with van der Waals surface area (Å²) in [6.45, 7) is 0.0986. The van der Waals surface area contributed by atoms with E-state index in [0.717, 1.165) is 18.2 Å². The number of carbonyl (C=O) groups excluding carboxylic acids is 2. The Hall–Kier alpha value is -3.60. The molecule has 0 aromatic heterocycles. The summed E-state index contributed by atoms with van der Waals surface area (Å²) in [6, 6.07) is 8.09. The van der Waals surface area contributed by atoms with Gasteiger partial charge in [0.1, 0.15) is 18.5 Å². The van der Waals surface area contributed by atoms with Gasteiger partial charge < -0.3 is 24.8 Å². The Morgan fingerprint density at radius 3 is 2.66 bits per heavy atom. The summed E-state index contributed by atoms with van der Waals surface area (Å²) in [4.78, 5) is 38.3. The molecule has 8 nitrogen and oxygen atoms in total. The molecular formula is C24H23F3N2O6. The highest BCUT2D eigenvalue weighted by Gasteiger charge is 2.39. The Kier molecular flexibility index (Phi) is 6.70. The van der Waals surface area contributed by atoms with Gasteiger partial charge in [-0.2, -0.15) is 13.2 Å².